The lowest BCUT2D eigenvalue weighted by Crippen LogP contribution is -1.95. The minimum absolute atomic E-state index is 0.0356. The van der Waals surface area contributed by atoms with Gasteiger partial charge in [-0.15, -0.1) is 11.3 Å². The van der Waals surface area contributed by atoms with E-state index in [0.29, 0.717) is 5.69 Å². The number of carbonyl (C=O) groups is 1. The molecule has 0 saturated carbocycles. The highest BCUT2D eigenvalue weighted by atomic mass is 32.3. The van der Waals surface area contributed by atoms with Gasteiger partial charge in [0.1, 0.15) is 5.69 Å². The van der Waals surface area contributed by atoms with E-state index in [1.807, 2.05) is 13.8 Å². The zero-order chi connectivity index (χ0) is 9.14. The number of thiazole rings is 1. The largest absolute Gasteiger partial charge is 0.282 e. The van der Waals surface area contributed by atoms with E-state index >= 15 is 0 Å². The van der Waals surface area contributed by atoms with E-state index in [9.17, 15) is 4.79 Å². The average Bonchev–Trinajstić information content (AvgIpc) is 2.45. The number of nitrogens with zero attached hydrogens (tertiary/aromatic N) is 1. The van der Waals surface area contributed by atoms with Gasteiger partial charge in [-0.1, -0.05) is 6.92 Å². The Morgan fingerprint density at radius 2 is 2.42 bits per heavy atom. The predicted molar refractivity (Wildman–Crippen MR) is 53.9 cm³/mol. The molecule has 2 radical (unpaired) electrons. The van der Waals surface area contributed by atoms with Gasteiger partial charge < -0.3 is 0 Å². The van der Waals surface area contributed by atoms with Crippen LogP contribution in [0.4, 0.5) is 0 Å². The normalized spacial score (nSPS) is 10.2. The third kappa shape index (κ3) is 2.11. The first-order valence-electron chi connectivity index (χ1n) is 3.56. The molecule has 0 aliphatic carbocycles. The van der Waals surface area contributed by atoms with Crippen LogP contribution in [0.3, 0.4) is 0 Å². The molecule has 1 heterocycles. The maximum absolute atomic E-state index is 11.2. The first-order valence-corrected chi connectivity index (χ1v) is 6.67. The van der Waals surface area contributed by atoms with Gasteiger partial charge in [0.05, 0.1) is 5.01 Å². The fourth-order valence-corrected chi connectivity index (χ4v) is 2.43. The fraction of sp³-hybridized carbons (Fsp3) is 0.429. The van der Waals surface area contributed by atoms with Crippen molar-refractivity contribution in [3.63, 3.8) is 0 Å². The summed E-state index contributed by atoms with van der Waals surface area (Å²) in [6, 6.07) is 0. The number of carbonyl (C=O) groups excluding carboxylic acids is 1. The van der Waals surface area contributed by atoms with Crippen molar-refractivity contribution < 1.29 is 4.79 Å². The van der Waals surface area contributed by atoms with E-state index in [4.69, 9.17) is 0 Å². The molecule has 1 rings (SSSR count). The van der Waals surface area contributed by atoms with Crippen LogP contribution >= 0.6 is 21.5 Å². The lowest BCUT2D eigenvalue weighted by molar-refractivity contribution is 0.108. The van der Waals surface area contributed by atoms with E-state index in [0.717, 1.165) is 26.4 Å². The van der Waals surface area contributed by atoms with E-state index in [2.05, 4.69) is 20.1 Å². The van der Waals surface area contributed by atoms with E-state index in [1.165, 1.54) is 0 Å². The Morgan fingerprint density at radius 1 is 1.75 bits per heavy atom. The van der Waals surface area contributed by atoms with Gasteiger partial charge in [0, 0.05) is 4.88 Å². The molecule has 0 fully saturated rings. The third-order valence-corrected chi connectivity index (χ3v) is 3.61. The molecule has 12 heavy (non-hydrogen) atoms. The van der Waals surface area contributed by atoms with Gasteiger partial charge in [-0.05, 0) is 13.3 Å². The summed E-state index contributed by atoms with van der Waals surface area (Å²) >= 11 is 3.95. The first kappa shape index (κ1) is 10.3. The number of aryl methyl sites for hydroxylation is 2. The van der Waals surface area contributed by atoms with Crippen LogP contribution in [0.25, 0.3) is 0 Å². The van der Waals surface area contributed by atoms with Gasteiger partial charge >= 0.3 is 0 Å². The standard InChI is InChI=1S/C7H9NOS2.Al/c1-3-5-8-6(7(9)10)4(2)11-5;/h3H2,1-2H3,(H,9,10);/q;+1/p-1. The number of hydrogen-bond acceptors (Lipinski definition) is 4. The second-order valence-electron chi connectivity index (χ2n) is 2.27. The molecule has 0 saturated heterocycles. The van der Waals surface area contributed by atoms with Crippen LogP contribution in [0, 0.1) is 6.92 Å². The van der Waals surface area contributed by atoms with Crippen molar-refractivity contribution in [1.82, 2.24) is 4.98 Å². The average molecular weight is 213 g/mol. The summed E-state index contributed by atoms with van der Waals surface area (Å²) in [6.45, 7) is 3.98. The molecule has 62 valence electrons. The Bertz CT molecular complexity index is 298. The molecule has 2 nitrogen and oxygen atoms in total. The SMILES string of the molecule is CCc1nc(C(=O)[S][Al])c(C)s1. The van der Waals surface area contributed by atoms with Crippen molar-refractivity contribution in [2.45, 2.75) is 20.3 Å². The summed E-state index contributed by atoms with van der Waals surface area (Å²) < 4.78 is 0. The van der Waals surface area contributed by atoms with Crippen molar-refractivity contribution in [1.29, 1.82) is 0 Å². The molecule has 5 heteroatoms. The van der Waals surface area contributed by atoms with E-state index in [-0.39, 0.29) is 5.12 Å². The van der Waals surface area contributed by atoms with Crippen LogP contribution in [-0.2, 0) is 6.42 Å². The van der Waals surface area contributed by atoms with Crippen LogP contribution in [0.5, 0.6) is 0 Å². The van der Waals surface area contributed by atoms with Gasteiger partial charge in [0.15, 0.2) is 0 Å². The van der Waals surface area contributed by atoms with Crippen LogP contribution in [0.15, 0.2) is 0 Å². The lowest BCUT2D eigenvalue weighted by Gasteiger charge is -1.91. The topological polar surface area (TPSA) is 30.0 Å². The summed E-state index contributed by atoms with van der Waals surface area (Å²) in [6.07, 6.45) is 0.903. The molecule has 1 aromatic rings. The molecule has 0 aromatic carbocycles. The van der Waals surface area contributed by atoms with Crippen LogP contribution in [0.2, 0.25) is 0 Å². The Balaban J connectivity index is 2.99. The Kier molecular flexibility index (Phi) is 3.79. The Labute approximate surface area is 87.2 Å². The molecule has 0 unspecified atom stereocenters. The van der Waals surface area contributed by atoms with Crippen molar-refractivity contribution in [2.75, 3.05) is 0 Å². The lowest BCUT2D eigenvalue weighted by atomic mass is 10.4. The second kappa shape index (κ2) is 4.43. The maximum atomic E-state index is 11.2. The number of hydrogen-bond donors (Lipinski definition) is 0. The molecule has 0 bridgehead atoms. The summed E-state index contributed by atoms with van der Waals surface area (Å²) in [4.78, 5) is 16.5. The minimum atomic E-state index is 0.0356. The van der Waals surface area contributed by atoms with E-state index < -0.39 is 0 Å². The fourth-order valence-electron chi connectivity index (χ4n) is 0.848. The summed E-state index contributed by atoms with van der Waals surface area (Å²) in [7, 11) is 1.14. The Hall–Kier alpha value is 0.182. The minimum Gasteiger partial charge on any atom is -0.282 e. The molecule has 0 aliphatic rings. The first-order chi connectivity index (χ1) is 5.69. The van der Waals surface area contributed by atoms with Gasteiger partial charge in [0.2, 0.25) is 20.3 Å². The Morgan fingerprint density at radius 3 is 2.83 bits per heavy atom. The summed E-state index contributed by atoms with van der Waals surface area (Å²) in [5.74, 6) is 0. The van der Waals surface area contributed by atoms with Crippen LogP contribution in [-0.4, -0.2) is 25.3 Å². The molecule has 0 amide bonds. The highest BCUT2D eigenvalue weighted by Gasteiger charge is 2.11. The van der Waals surface area contributed by atoms with E-state index in [1.54, 1.807) is 11.3 Å². The molecule has 0 aliphatic heterocycles. The van der Waals surface area contributed by atoms with Gasteiger partial charge in [-0.25, -0.2) is 15.1 Å². The molecule has 0 spiro atoms. The summed E-state index contributed by atoms with van der Waals surface area (Å²) in [5, 5.41) is 1.07. The highest BCUT2D eigenvalue weighted by Crippen LogP contribution is 2.20. The zero-order valence-electron chi connectivity index (χ0n) is 6.96. The van der Waals surface area contributed by atoms with Crippen molar-refractivity contribution in [3.05, 3.63) is 15.6 Å². The van der Waals surface area contributed by atoms with Crippen molar-refractivity contribution in [3.8, 4) is 0 Å². The van der Waals surface area contributed by atoms with Gasteiger partial charge in [-0.2, -0.15) is 0 Å². The highest BCUT2D eigenvalue weighted by molar-refractivity contribution is 8.31. The molecule has 0 N–H and O–H groups in total. The molecule has 0 atom stereocenters. The number of aromatic nitrogens is 1. The molecular formula is C7H8AlNOS2. The predicted octanol–water partition coefficient (Wildman–Crippen LogP) is 1.97. The monoisotopic (exact) mass is 213 g/mol. The summed E-state index contributed by atoms with van der Waals surface area (Å²) in [5.41, 5.74) is 0.622. The smallest absolute Gasteiger partial charge is 0.247 e. The van der Waals surface area contributed by atoms with Crippen molar-refractivity contribution in [2.24, 2.45) is 0 Å². The third-order valence-electron chi connectivity index (χ3n) is 1.44. The van der Waals surface area contributed by atoms with Gasteiger partial charge in [0.25, 0.3) is 0 Å². The molecular weight excluding hydrogens is 205 g/mol. The second-order valence-corrected chi connectivity index (χ2v) is 4.87. The van der Waals surface area contributed by atoms with Crippen LogP contribution < -0.4 is 0 Å². The maximum Gasteiger partial charge on any atom is 0.247 e. The number of rotatable bonds is 2. The van der Waals surface area contributed by atoms with Crippen molar-refractivity contribution >= 4 is 41.7 Å². The zero-order valence-corrected chi connectivity index (χ0v) is 9.74. The van der Waals surface area contributed by atoms with Gasteiger partial charge in [-0.3, -0.25) is 4.79 Å². The van der Waals surface area contributed by atoms with Crippen LogP contribution in [0.1, 0.15) is 27.3 Å². The molecule has 1 aromatic heterocycles. The quantitative estimate of drug-likeness (QED) is 0.703.